The van der Waals surface area contributed by atoms with Crippen LogP contribution in [0, 0.1) is 12.7 Å². The molecule has 0 unspecified atom stereocenters. The standard InChI is InChI=1S/C7H8.C6H5Cl.C6H5F/c1-7-5-3-2-4-6-7;2*7-6-4-2-1-3-5-6/h2-6H,1H3;2*1-5H. The molecule has 3 aromatic rings. The molecule has 0 spiro atoms. The Morgan fingerprint density at radius 3 is 1.19 bits per heavy atom. The third-order valence-electron chi connectivity index (χ3n) is 2.41. The first-order valence-corrected chi connectivity index (χ1v) is 6.99. The van der Waals surface area contributed by atoms with E-state index in [-0.39, 0.29) is 5.82 Å². The Hall–Kier alpha value is -2.12. The molecule has 0 aliphatic rings. The van der Waals surface area contributed by atoms with Gasteiger partial charge in [0.05, 0.1) is 0 Å². The quantitative estimate of drug-likeness (QED) is 0.466. The molecule has 108 valence electrons. The maximum atomic E-state index is 11.9. The summed E-state index contributed by atoms with van der Waals surface area (Å²) in [6, 6.07) is 27.6. The second kappa shape index (κ2) is 10.6. The normalized spacial score (nSPS) is 8.71. The highest BCUT2D eigenvalue weighted by molar-refractivity contribution is 6.30. The van der Waals surface area contributed by atoms with Gasteiger partial charge in [0.2, 0.25) is 0 Å². The second-order valence-corrected chi connectivity index (χ2v) is 4.68. The molecule has 3 rings (SSSR count). The minimum atomic E-state index is -0.178. The zero-order valence-corrected chi connectivity index (χ0v) is 12.7. The molecule has 3 aromatic carbocycles. The van der Waals surface area contributed by atoms with Crippen molar-refractivity contribution in [3.05, 3.63) is 107 Å². The highest BCUT2D eigenvalue weighted by Crippen LogP contribution is 2.03. The van der Waals surface area contributed by atoms with E-state index in [9.17, 15) is 4.39 Å². The molecule has 0 heterocycles. The fourth-order valence-electron chi connectivity index (χ4n) is 1.36. The number of hydrogen-bond donors (Lipinski definition) is 0. The molecule has 0 nitrogen and oxygen atoms in total. The summed E-state index contributed by atoms with van der Waals surface area (Å²) >= 11 is 5.54. The van der Waals surface area contributed by atoms with Gasteiger partial charge in [-0.15, -0.1) is 0 Å². The highest BCUT2D eigenvalue weighted by Gasteiger charge is 1.77. The molecular weight excluding hydrogens is 283 g/mol. The van der Waals surface area contributed by atoms with Gasteiger partial charge < -0.3 is 0 Å². The first kappa shape index (κ1) is 16.9. The summed E-state index contributed by atoms with van der Waals surface area (Å²) in [4.78, 5) is 0. The summed E-state index contributed by atoms with van der Waals surface area (Å²) in [6.45, 7) is 2.08. The van der Waals surface area contributed by atoms with Crippen LogP contribution in [0.5, 0.6) is 0 Å². The lowest BCUT2D eigenvalue weighted by Crippen LogP contribution is -1.63. The van der Waals surface area contributed by atoms with Crippen LogP contribution in [0.15, 0.2) is 91.0 Å². The monoisotopic (exact) mass is 300 g/mol. The first-order chi connectivity index (χ1) is 10.2. The van der Waals surface area contributed by atoms with Crippen LogP contribution in [0.1, 0.15) is 5.56 Å². The minimum absolute atomic E-state index is 0.178. The van der Waals surface area contributed by atoms with Crippen molar-refractivity contribution in [2.24, 2.45) is 0 Å². The van der Waals surface area contributed by atoms with Crippen LogP contribution in [-0.4, -0.2) is 0 Å². The summed E-state index contributed by atoms with van der Waals surface area (Å²) in [5.74, 6) is -0.178. The molecule has 0 radical (unpaired) electrons. The van der Waals surface area contributed by atoms with E-state index in [4.69, 9.17) is 11.6 Å². The zero-order valence-electron chi connectivity index (χ0n) is 11.9. The fourth-order valence-corrected chi connectivity index (χ4v) is 1.51. The van der Waals surface area contributed by atoms with Crippen LogP contribution >= 0.6 is 11.6 Å². The maximum Gasteiger partial charge on any atom is 0.123 e. The van der Waals surface area contributed by atoms with Gasteiger partial charge in [-0.2, -0.15) is 0 Å². The van der Waals surface area contributed by atoms with Gasteiger partial charge in [-0.3, -0.25) is 0 Å². The molecule has 0 aliphatic heterocycles. The molecule has 0 aromatic heterocycles. The molecule has 0 saturated heterocycles. The average molecular weight is 301 g/mol. The maximum absolute atomic E-state index is 11.9. The Labute approximate surface area is 130 Å². The summed E-state index contributed by atoms with van der Waals surface area (Å²) in [7, 11) is 0. The Morgan fingerprint density at radius 2 is 1.00 bits per heavy atom. The number of aryl methyl sites for hydroxylation is 1. The number of halogens is 2. The molecular formula is C19H18ClF. The number of hydrogen-bond acceptors (Lipinski definition) is 0. The number of rotatable bonds is 0. The largest absolute Gasteiger partial charge is 0.207 e. The van der Waals surface area contributed by atoms with Gasteiger partial charge in [-0.25, -0.2) is 4.39 Å². The van der Waals surface area contributed by atoms with Crippen LogP contribution in [0.4, 0.5) is 4.39 Å². The Bertz CT molecular complexity index is 491. The summed E-state index contributed by atoms with van der Waals surface area (Å²) in [6.07, 6.45) is 0. The zero-order chi connectivity index (χ0) is 15.3. The average Bonchev–Trinajstić information content (AvgIpc) is 2.51. The molecule has 2 heteroatoms. The van der Waals surface area contributed by atoms with E-state index in [1.165, 1.54) is 17.7 Å². The lowest BCUT2D eigenvalue weighted by molar-refractivity contribution is 0.628. The molecule has 0 bridgehead atoms. The predicted molar refractivity (Wildman–Crippen MR) is 89.0 cm³/mol. The SMILES string of the molecule is Cc1ccccc1.Clc1ccccc1.Fc1ccccc1. The molecule has 0 aliphatic carbocycles. The second-order valence-electron chi connectivity index (χ2n) is 4.25. The van der Waals surface area contributed by atoms with Gasteiger partial charge in [0.1, 0.15) is 5.82 Å². The molecule has 21 heavy (non-hydrogen) atoms. The van der Waals surface area contributed by atoms with Crippen molar-refractivity contribution in [3.63, 3.8) is 0 Å². The third-order valence-corrected chi connectivity index (χ3v) is 2.66. The third kappa shape index (κ3) is 9.42. The van der Waals surface area contributed by atoms with Crippen molar-refractivity contribution in [3.8, 4) is 0 Å². The topological polar surface area (TPSA) is 0 Å². The Balaban J connectivity index is 0.000000157. The van der Waals surface area contributed by atoms with Crippen molar-refractivity contribution in [2.45, 2.75) is 6.92 Å². The Morgan fingerprint density at radius 1 is 0.619 bits per heavy atom. The molecule has 0 amide bonds. The van der Waals surface area contributed by atoms with E-state index in [1.54, 1.807) is 18.2 Å². The van der Waals surface area contributed by atoms with Crippen molar-refractivity contribution in [1.29, 1.82) is 0 Å². The van der Waals surface area contributed by atoms with Gasteiger partial charge in [0.25, 0.3) is 0 Å². The summed E-state index contributed by atoms with van der Waals surface area (Å²) in [5.41, 5.74) is 1.32. The van der Waals surface area contributed by atoms with Crippen LogP contribution in [-0.2, 0) is 0 Å². The van der Waals surface area contributed by atoms with Crippen LogP contribution in [0.2, 0.25) is 5.02 Å². The molecule has 0 N–H and O–H groups in total. The van der Waals surface area contributed by atoms with Gasteiger partial charge >= 0.3 is 0 Å². The molecule has 0 saturated carbocycles. The minimum Gasteiger partial charge on any atom is -0.207 e. The van der Waals surface area contributed by atoms with E-state index < -0.39 is 0 Å². The van der Waals surface area contributed by atoms with Crippen molar-refractivity contribution in [1.82, 2.24) is 0 Å². The van der Waals surface area contributed by atoms with Gasteiger partial charge in [-0.1, -0.05) is 83.9 Å². The Kier molecular flexibility index (Phi) is 8.58. The van der Waals surface area contributed by atoms with Crippen molar-refractivity contribution in [2.75, 3.05) is 0 Å². The van der Waals surface area contributed by atoms with Gasteiger partial charge in [0, 0.05) is 5.02 Å². The smallest absolute Gasteiger partial charge is 0.123 e. The lowest BCUT2D eigenvalue weighted by atomic mass is 10.2. The van der Waals surface area contributed by atoms with Crippen LogP contribution in [0.25, 0.3) is 0 Å². The summed E-state index contributed by atoms with van der Waals surface area (Å²) < 4.78 is 11.9. The van der Waals surface area contributed by atoms with Crippen molar-refractivity contribution >= 4 is 11.6 Å². The lowest BCUT2D eigenvalue weighted by Gasteiger charge is -1.82. The van der Waals surface area contributed by atoms with Crippen LogP contribution in [0.3, 0.4) is 0 Å². The fraction of sp³-hybridized carbons (Fsp3) is 0.0526. The van der Waals surface area contributed by atoms with Crippen molar-refractivity contribution < 1.29 is 4.39 Å². The highest BCUT2D eigenvalue weighted by atomic mass is 35.5. The number of benzene rings is 3. The van der Waals surface area contributed by atoms with E-state index in [0.717, 1.165) is 5.02 Å². The predicted octanol–water partition coefficient (Wildman–Crippen LogP) is 6.16. The first-order valence-electron chi connectivity index (χ1n) is 6.61. The van der Waals surface area contributed by atoms with Gasteiger partial charge in [-0.05, 0) is 31.2 Å². The molecule has 0 fully saturated rings. The van der Waals surface area contributed by atoms with Crippen LogP contribution < -0.4 is 0 Å². The summed E-state index contributed by atoms with van der Waals surface area (Å²) in [5, 5.41) is 0.794. The van der Waals surface area contributed by atoms with E-state index in [2.05, 4.69) is 19.1 Å². The van der Waals surface area contributed by atoms with E-state index in [0.29, 0.717) is 0 Å². The van der Waals surface area contributed by atoms with E-state index in [1.807, 2.05) is 48.5 Å². The van der Waals surface area contributed by atoms with E-state index >= 15 is 0 Å². The molecule has 0 atom stereocenters. The van der Waals surface area contributed by atoms with Gasteiger partial charge in [0.15, 0.2) is 0 Å².